The van der Waals surface area contributed by atoms with Gasteiger partial charge in [0.2, 0.25) is 0 Å². The molecule has 0 radical (unpaired) electrons. The molecule has 0 spiro atoms. The third kappa shape index (κ3) is 2.32. The minimum absolute atomic E-state index is 0.460. The van der Waals surface area contributed by atoms with E-state index in [1.54, 1.807) is 6.07 Å². The molecule has 20 heavy (non-hydrogen) atoms. The number of benzene rings is 1. The van der Waals surface area contributed by atoms with Crippen LogP contribution in [0.5, 0.6) is 0 Å². The molecule has 0 saturated heterocycles. The van der Waals surface area contributed by atoms with Crippen LogP contribution < -0.4 is 5.73 Å². The molecular formula is C15H12BrN3O. The molecule has 0 bridgehead atoms. The lowest BCUT2D eigenvalue weighted by Crippen LogP contribution is -2.02. The summed E-state index contributed by atoms with van der Waals surface area (Å²) >= 11 is 3.27. The fraction of sp³-hybridized carbons (Fsp3) is 0.0667. The monoisotopic (exact) mass is 329 g/mol. The van der Waals surface area contributed by atoms with E-state index >= 15 is 0 Å². The molecule has 0 aliphatic heterocycles. The summed E-state index contributed by atoms with van der Waals surface area (Å²) in [7, 11) is 0. The van der Waals surface area contributed by atoms with Gasteiger partial charge in [-0.3, -0.25) is 0 Å². The van der Waals surface area contributed by atoms with Crippen LogP contribution in [-0.2, 0) is 0 Å². The first-order valence-corrected chi connectivity index (χ1v) is 6.89. The van der Waals surface area contributed by atoms with Gasteiger partial charge >= 0.3 is 0 Å². The number of halogens is 1. The second kappa shape index (κ2) is 5.09. The van der Waals surface area contributed by atoms with Crippen molar-refractivity contribution >= 4 is 21.7 Å². The van der Waals surface area contributed by atoms with Gasteiger partial charge in [0, 0.05) is 11.1 Å². The second-order valence-corrected chi connectivity index (χ2v) is 5.16. The molecule has 0 atom stereocenters. The summed E-state index contributed by atoms with van der Waals surface area (Å²) in [5.41, 5.74) is 8.69. The third-order valence-corrected chi connectivity index (χ3v) is 3.45. The Hall–Kier alpha value is -2.14. The number of aromatic nitrogens is 2. The summed E-state index contributed by atoms with van der Waals surface area (Å²) in [4.78, 5) is 8.88. The Bertz CT molecular complexity index is 753. The van der Waals surface area contributed by atoms with Crippen molar-refractivity contribution in [2.45, 2.75) is 6.92 Å². The van der Waals surface area contributed by atoms with Gasteiger partial charge in [-0.15, -0.1) is 0 Å². The second-order valence-electron chi connectivity index (χ2n) is 4.38. The van der Waals surface area contributed by atoms with Gasteiger partial charge in [-0.1, -0.05) is 30.3 Å². The molecule has 3 aromatic rings. The molecule has 4 nitrogen and oxygen atoms in total. The van der Waals surface area contributed by atoms with Crippen molar-refractivity contribution < 1.29 is 4.42 Å². The Morgan fingerprint density at radius 3 is 2.45 bits per heavy atom. The summed E-state index contributed by atoms with van der Waals surface area (Å²) in [5.74, 6) is 1.53. The van der Waals surface area contributed by atoms with Crippen molar-refractivity contribution in [1.82, 2.24) is 9.97 Å². The first-order chi connectivity index (χ1) is 9.65. The van der Waals surface area contributed by atoms with Crippen LogP contribution in [0.15, 0.2) is 51.6 Å². The van der Waals surface area contributed by atoms with E-state index in [-0.39, 0.29) is 0 Å². The first kappa shape index (κ1) is 12.9. The SMILES string of the molecule is Cc1c(N)nc(-c2ccc(Br)o2)nc1-c1ccccc1. The van der Waals surface area contributed by atoms with Gasteiger partial charge in [-0.2, -0.15) is 0 Å². The van der Waals surface area contributed by atoms with E-state index in [1.165, 1.54) is 0 Å². The highest BCUT2D eigenvalue weighted by molar-refractivity contribution is 9.10. The Morgan fingerprint density at radius 2 is 1.80 bits per heavy atom. The quantitative estimate of drug-likeness (QED) is 0.770. The zero-order valence-electron chi connectivity index (χ0n) is 10.8. The normalized spacial score (nSPS) is 10.7. The Balaban J connectivity index is 2.18. The van der Waals surface area contributed by atoms with Crippen molar-refractivity contribution in [1.29, 1.82) is 0 Å². The highest BCUT2D eigenvalue weighted by Gasteiger charge is 2.14. The van der Waals surface area contributed by atoms with Crippen molar-refractivity contribution in [2.24, 2.45) is 0 Å². The zero-order valence-corrected chi connectivity index (χ0v) is 12.4. The van der Waals surface area contributed by atoms with Crippen LogP contribution in [0.2, 0.25) is 0 Å². The van der Waals surface area contributed by atoms with Gasteiger partial charge in [0.05, 0.1) is 5.69 Å². The fourth-order valence-corrected chi connectivity index (χ4v) is 2.26. The van der Waals surface area contributed by atoms with Crippen molar-refractivity contribution in [3.8, 4) is 22.8 Å². The number of nitrogens with zero attached hydrogens (tertiary/aromatic N) is 2. The molecule has 0 fully saturated rings. The Morgan fingerprint density at radius 1 is 1.05 bits per heavy atom. The molecule has 2 heterocycles. The number of nitrogen functional groups attached to an aromatic ring is 1. The topological polar surface area (TPSA) is 64.9 Å². The maximum atomic E-state index is 6.00. The third-order valence-electron chi connectivity index (χ3n) is 3.02. The predicted octanol–water partition coefficient (Wildman–Crippen LogP) is 4.06. The average molecular weight is 330 g/mol. The van der Waals surface area contributed by atoms with E-state index in [0.29, 0.717) is 22.1 Å². The van der Waals surface area contributed by atoms with Crippen LogP contribution in [0.25, 0.3) is 22.8 Å². The maximum absolute atomic E-state index is 6.00. The highest BCUT2D eigenvalue weighted by atomic mass is 79.9. The molecule has 0 aliphatic rings. The van der Waals surface area contributed by atoms with Crippen LogP contribution >= 0.6 is 15.9 Å². The van der Waals surface area contributed by atoms with Crippen LogP contribution in [-0.4, -0.2) is 9.97 Å². The number of furan rings is 1. The summed E-state index contributed by atoms with van der Waals surface area (Å²) < 4.78 is 6.13. The summed E-state index contributed by atoms with van der Waals surface area (Å²) in [5, 5.41) is 0. The number of hydrogen-bond acceptors (Lipinski definition) is 4. The van der Waals surface area contributed by atoms with E-state index < -0.39 is 0 Å². The fourth-order valence-electron chi connectivity index (χ4n) is 1.96. The lowest BCUT2D eigenvalue weighted by atomic mass is 10.1. The van der Waals surface area contributed by atoms with Gasteiger partial charge in [-0.25, -0.2) is 9.97 Å². The van der Waals surface area contributed by atoms with Crippen molar-refractivity contribution in [2.75, 3.05) is 5.73 Å². The number of anilines is 1. The maximum Gasteiger partial charge on any atom is 0.198 e. The molecule has 1 aromatic carbocycles. The van der Waals surface area contributed by atoms with E-state index in [2.05, 4.69) is 25.9 Å². The number of nitrogens with two attached hydrogens (primary N) is 1. The molecule has 0 amide bonds. The smallest absolute Gasteiger partial charge is 0.198 e. The summed E-state index contributed by atoms with van der Waals surface area (Å²) in [6.07, 6.45) is 0. The van der Waals surface area contributed by atoms with Gasteiger partial charge in [0.1, 0.15) is 5.82 Å². The van der Waals surface area contributed by atoms with E-state index in [4.69, 9.17) is 10.2 Å². The minimum Gasteiger partial charge on any atom is -0.446 e. The lowest BCUT2D eigenvalue weighted by molar-refractivity contribution is 0.551. The first-order valence-electron chi connectivity index (χ1n) is 6.10. The van der Waals surface area contributed by atoms with Crippen LogP contribution in [0.3, 0.4) is 0 Å². The van der Waals surface area contributed by atoms with Crippen LogP contribution in [0.1, 0.15) is 5.56 Å². The van der Waals surface area contributed by atoms with Crippen molar-refractivity contribution in [3.05, 3.63) is 52.7 Å². The van der Waals surface area contributed by atoms with Gasteiger partial charge in [-0.05, 0) is 35.0 Å². The molecule has 2 aromatic heterocycles. The summed E-state index contributed by atoms with van der Waals surface area (Å²) in [6, 6.07) is 13.5. The van der Waals surface area contributed by atoms with Crippen LogP contribution in [0, 0.1) is 6.92 Å². The molecule has 0 unspecified atom stereocenters. The number of rotatable bonds is 2. The highest BCUT2D eigenvalue weighted by Crippen LogP contribution is 2.29. The van der Waals surface area contributed by atoms with E-state index in [9.17, 15) is 0 Å². The number of hydrogen-bond donors (Lipinski definition) is 1. The molecule has 3 rings (SSSR count). The molecule has 5 heteroatoms. The zero-order chi connectivity index (χ0) is 14.1. The van der Waals surface area contributed by atoms with E-state index in [0.717, 1.165) is 16.8 Å². The molecule has 2 N–H and O–H groups in total. The minimum atomic E-state index is 0.460. The molecule has 100 valence electrons. The van der Waals surface area contributed by atoms with Crippen LogP contribution in [0.4, 0.5) is 5.82 Å². The predicted molar refractivity (Wildman–Crippen MR) is 82.0 cm³/mol. The Kier molecular flexibility index (Phi) is 3.28. The largest absolute Gasteiger partial charge is 0.446 e. The molecule has 0 saturated carbocycles. The molecule has 0 aliphatic carbocycles. The molecular weight excluding hydrogens is 318 g/mol. The van der Waals surface area contributed by atoms with E-state index in [1.807, 2.05) is 43.3 Å². The Labute approximate surface area is 124 Å². The van der Waals surface area contributed by atoms with Gasteiger partial charge < -0.3 is 10.2 Å². The summed E-state index contributed by atoms with van der Waals surface area (Å²) in [6.45, 7) is 1.92. The standard InChI is InChI=1S/C15H12BrN3O/c1-9-13(10-5-3-2-4-6-10)18-15(19-14(9)17)11-7-8-12(16)20-11/h2-8H,1H3,(H2,17,18,19). The average Bonchev–Trinajstić information content (AvgIpc) is 2.89. The van der Waals surface area contributed by atoms with Crippen molar-refractivity contribution in [3.63, 3.8) is 0 Å². The van der Waals surface area contributed by atoms with Gasteiger partial charge in [0.25, 0.3) is 0 Å². The lowest BCUT2D eigenvalue weighted by Gasteiger charge is -2.09. The van der Waals surface area contributed by atoms with Gasteiger partial charge in [0.15, 0.2) is 16.3 Å².